The maximum absolute atomic E-state index is 12.6. The van der Waals surface area contributed by atoms with Crippen molar-refractivity contribution < 1.29 is 9.32 Å². The van der Waals surface area contributed by atoms with Crippen molar-refractivity contribution >= 4 is 5.91 Å². The number of hydrogen-bond acceptors (Lipinski definition) is 7. The highest BCUT2D eigenvalue weighted by Crippen LogP contribution is 2.14. The summed E-state index contributed by atoms with van der Waals surface area (Å²) in [5.41, 5.74) is 0.255. The normalized spacial score (nSPS) is 14.1. The molecule has 10 nitrogen and oxygen atoms in total. The van der Waals surface area contributed by atoms with Gasteiger partial charge in [0.05, 0.1) is 5.69 Å². The zero-order chi connectivity index (χ0) is 22.0. The van der Waals surface area contributed by atoms with Crippen molar-refractivity contribution in [1.29, 1.82) is 0 Å². The molecule has 0 radical (unpaired) electrons. The van der Waals surface area contributed by atoms with E-state index in [1.807, 2.05) is 24.0 Å². The molecule has 3 aromatic rings. The summed E-state index contributed by atoms with van der Waals surface area (Å²) in [6.45, 7) is 3.51. The van der Waals surface area contributed by atoms with Crippen LogP contribution in [0, 0.1) is 6.92 Å². The lowest BCUT2D eigenvalue weighted by Crippen LogP contribution is -2.40. The Morgan fingerprint density at radius 3 is 2.52 bits per heavy atom. The number of likely N-dealkylation sites (tertiary alicyclic amines) is 1. The van der Waals surface area contributed by atoms with Crippen LogP contribution in [0.15, 0.2) is 38.4 Å². The van der Waals surface area contributed by atoms with Crippen LogP contribution in [0.5, 0.6) is 0 Å². The number of carbonyl (C=O) groups excluding carboxylic acids is 1. The molecule has 0 saturated carbocycles. The number of hydrogen-bond donors (Lipinski definition) is 0. The number of aryl methyl sites for hydroxylation is 2. The van der Waals surface area contributed by atoms with Gasteiger partial charge in [-0.25, -0.2) is 4.79 Å². The average molecular weight is 424 g/mol. The number of aromatic nitrogens is 5. The van der Waals surface area contributed by atoms with Crippen LogP contribution in [-0.2, 0) is 18.3 Å². The van der Waals surface area contributed by atoms with E-state index in [4.69, 9.17) is 4.52 Å². The van der Waals surface area contributed by atoms with E-state index in [-0.39, 0.29) is 36.2 Å². The maximum Gasteiger partial charge on any atom is 0.351 e. The van der Waals surface area contributed by atoms with Crippen LogP contribution in [0.1, 0.15) is 37.1 Å². The second kappa shape index (κ2) is 8.66. The van der Waals surface area contributed by atoms with Crippen molar-refractivity contribution in [3.05, 3.63) is 56.6 Å². The first-order valence-corrected chi connectivity index (χ1v) is 10.3. The van der Waals surface area contributed by atoms with Gasteiger partial charge in [0, 0.05) is 33.0 Å². The third-order valence-electron chi connectivity index (χ3n) is 5.40. The van der Waals surface area contributed by atoms with E-state index < -0.39 is 11.2 Å². The Bertz CT molecular complexity index is 1200. The zero-order valence-electron chi connectivity index (χ0n) is 17.6. The molecule has 4 rings (SSSR count). The molecule has 0 bridgehead atoms. The molecule has 31 heavy (non-hydrogen) atoms. The highest BCUT2D eigenvalue weighted by molar-refractivity contribution is 5.76. The highest BCUT2D eigenvalue weighted by atomic mass is 16.5. The third-order valence-corrected chi connectivity index (χ3v) is 5.40. The van der Waals surface area contributed by atoms with E-state index in [0.29, 0.717) is 5.69 Å². The Morgan fingerprint density at radius 2 is 1.81 bits per heavy atom. The molecule has 0 aliphatic carbocycles. The van der Waals surface area contributed by atoms with Gasteiger partial charge >= 0.3 is 5.69 Å². The minimum atomic E-state index is -0.620. The van der Waals surface area contributed by atoms with Crippen LogP contribution in [-0.4, -0.2) is 48.4 Å². The molecule has 1 aromatic carbocycles. The van der Waals surface area contributed by atoms with E-state index in [1.165, 1.54) is 7.05 Å². The number of piperidine rings is 1. The first kappa shape index (κ1) is 20.7. The van der Waals surface area contributed by atoms with Crippen molar-refractivity contribution in [2.45, 2.75) is 39.0 Å². The second-order valence-corrected chi connectivity index (χ2v) is 7.70. The number of nitrogens with zero attached hydrogens (tertiary/aromatic N) is 6. The molecule has 162 valence electrons. The molecule has 2 aromatic heterocycles. The van der Waals surface area contributed by atoms with E-state index in [1.54, 1.807) is 12.1 Å². The quantitative estimate of drug-likeness (QED) is 0.605. The molecular weight excluding hydrogens is 400 g/mol. The molecule has 0 spiro atoms. The average Bonchev–Trinajstić information content (AvgIpc) is 3.26. The third kappa shape index (κ3) is 4.32. The molecular formula is C21H24N6O4. The molecule has 1 amide bonds. The zero-order valence-corrected chi connectivity index (χ0v) is 17.6. The summed E-state index contributed by atoms with van der Waals surface area (Å²) in [6, 6.07) is 7.18. The maximum atomic E-state index is 12.6. The minimum Gasteiger partial charge on any atom is -0.343 e. The first-order valence-electron chi connectivity index (χ1n) is 10.3. The number of benzene rings is 1. The van der Waals surface area contributed by atoms with Crippen LogP contribution in [0.3, 0.4) is 0 Å². The molecule has 10 heteroatoms. The SMILES string of the molecule is Cc1ccc(-n2nc(-c3noc(CCC(=O)N4CCCCC4)n3)c(=O)n(C)c2=O)cc1. The Labute approximate surface area is 178 Å². The first-order chi connectivity index (χ1) is 14.9. The Balaban J connectivity index is 1.58. The van der Waals surface area contributed by atoms with Gasteiger partial charge in [-0.3, -0.25) is 14.2 Å². The van der Waals surface area contributed by atoms with Crippen LogP contribution in [0.4, 0.5) is 0 Å². The fourth-order valence-corrected chi connectivity index (χ4v) is 3.54. The summed E-state index contributed by atoms with van der Waals surface area (Å²) in [7, 11) is 1.37. The summed E-state index contributed by atoms with van der Waals surface area (Å²) < 4.78 is 7.32. The fourth-order valence-electron chi connectivity index (χ4n) is 3.54. The van der Waals surface area contributed by atoms with Gasteiger partial charge in [0.2, 0.25) is 17.6 Å². The summed E-state index contributed by atoms with van der Waals surface area (Å²) in [5, 5.41) is 8.05. The molecule has 1 aliphatic heterocycles. The Morgan fingerprint density at radius 1 is 1.10 bits per heavy atom. The van der Waals surface area contributed by atoms with Crippen molar-refractivity contribution in [3.63, 3.8) is 0 Å². The van der Waals surface area contributed by atoms with Crippen molar-refractivity contribution in [1.82, 2.24) is 29.4 Å². The van der Waals surface area contributed by atoms with Crippen LogP contribution in [0.25, 0.3) is 17.2 Å². The standard InChI is InChI=1S/C21H24N6O4/c1-14-6-8-15(9-7-14)27-21(30)25(2)20(29)18(23-27)19-22-16(31-24-19)10-11-17(28)26-12-4-3-5-13-26/h6-9H,3-5,10-13H2,1-2H3. The van der Waals surface area contributed by atoms with Crippen molar-refractivity contribution in [2.75, 3.05) is 13.1 Å². The van der Waals surface area contributed by atoms with Gasteiger partial charge in [0.25, 0.3) is 5.56 Å². The van der Waals surface area contributed by atoms with E-state index in [2.05, 4.69) is 15.2 Å². The van der Waals surface area contributed by atoms with Gasteiger partial charge in [-0.05, 0) is 38.3 Å². The predicted molar refractivity (Wildman–Crippen MR) is 112 cm³/mol. The fraction of sp³-hybridized carbons (Fsp3) is 0.429. The predicted octanol–water partition coefficient (Wildman–Crippen LogP) is 1.23. The molecule has 1 fully saturated rings. The lowest BCUT2D eigenvalue weighted by molar-refractivity contribution is -0.132. The van der Waals surface area contributed by atoms with Gasteiger partial charge in [-0.2, -0.15) is 14.8 Å². The Kier molecular flexibility index (Phi) is 5.79. The number of rotatable bonds is 5. The molecule has 3 heterocycles. The molecule has 1 saturated heterocycles. The van der Waals surface area contributed by atoms with Gasteiger partial charge < -0.3 is 9.42 Å². The topological polar surface area (TPSA) is 116 Å². The van der Waals surface area contributed by atoms with Gasteiger partial charge in [0.15, 0.2) is 5.69 Å². The van der Waals surface area contributed by atoms with E-state index >= 15 is 0 Å². The number of carbonyl (C=O) groups is 1. The van der Waals surface area contributed by atoms with E-state index in [0.717, 1.165) is 47.2 Å². The minimum absolute atomic E-state index is 0.0121. The van der Waals surface area contributed by atoms with Crippen LogP contribution >= 0.6 is 0 Å². The summed E-state index contributed by atoms with van der Waals surface area (Å²) in [4.78, 5) is 43.6. The highest BCUT2D eigenvalue weighted by Gasteiger charge is 2.21. The second-order valence-electron chi connectivity index (χ2n) is 7.70. The molecule has 1 aliphatic rings. The monoisotopic (exact) mass is 424 g/mol. The largest absolute Gasteiger partial charge is 0.351 e. The summed E-state index contributed by atoms with van der Waals surface area (Å²) in [5.74, 6) is 0.292. The molecule has 0 N–H and O–H groups in total. The molecule has 0 atom stereocenters. The summed E-state index contributed by atoms with van der Waals surface area (Å²) >= 11 is 0. The van der Waals surface area contributed by atoms with Gasteiger partial charge in [0.1, 0.15) is 0 Å². The lowest BCUT2D eigenvalue weighted by atomic mass is 10.1. The van der Waals surface area contributed by atoms with Crippen molar-refractivity contribution in [2.24, 2.45) is 7.05 Å². The molecule has 0 unspecified atom stereocenters. The summed E-state index contributed by atoms with van der Waals surface area (Å²) in [6.07, 6.45) is 3.75. The van der Waals surface area contributed by atoms with Crippen molar-refractivity contribution in [3.8, 4) is 17.2 Å². The Hall–Kier alpha value is -3.56. The van der Waals surface area contributed by atoms with Crippen LogP contribution in [0.2, 0.25) is 0 Å². The number of amides is 1. The van der Waals surface area contributed by atoms with Crippen LogP contribution < -0.4 is 11.2 Å². The van der Waals surface area contributed by atoms with Gasteiger partial charge in [-0.15, -0.1) is 0 Å². The lowest BCUT2D eigenvalue weighted by Gasteiger charge is -2.26. The van der Waals surface area contributed by atoms with E-state index in [9.17, 15) is 14.4 Å². The smallest absolute Gasteiger partial charge is 0.343 e. The van der Waals surface area contributed by atoms with Gasteiger partial charge in [-0.1, -0.05) is 22.9 Å².